The van der Waals surface area contributed by atoms with Crippen molar-refractivity contribution in [2.75, 3.05) is 7.11 Å². The van der Waals surface area contributed by atoms with E-state index in [0.717, 1.165) is 0 Å². The molecule has 0 amide bonds. The highest BCUT2D eigenvalue weighted by molar-refractivity contribution is 5.72. The lowest BCUT2D eigenvalue weighted by Gasteiger charge is -2.30. The number of carbonyl (C=O) groups is 1. The van der Waals surface area contributed by atoms with Crippen molar-refractivity contribution < 1.29 is 19.4 Å². The van der Waals surface area contributed by atoms with E-state index in [1.807, 2.05) is 20.8 Å². The molecule has 0 bridgehead atoms. The zero-order valence-corrected chi connectivity index (χ0v) is 9.77. The van der Waals surface area contributed by atoms with Crippen LogP contribution in [-0.2, 0) is 14.3 Å². The highest BCUT2D eigenvalue weighted by Crippen LogP contribution is 2.28. The molecule has 4 nitrogen and oxygen atoms in total. The third kappa shape index (κ3) is 2.69. The van der Waals surface area contributed by atoms with E-state index in [0.29, 0.717) is 5.92 Å². The number of aliphatic hydroxyl groups excluding tert-OH is 1. The first-order chi connectivity index (χ1) is 6.97. The molecule has 88 valence electrons. The van der Waals surface area contributed by atoms with E-state index < -0.39 is 12.2 Å². The minimum atomic E-state index is -0.691. The van der Waals surface area contributed by atoms with Crippen molar-refractivity contribution in [3.8, 4) is 0 Å². The maximum absolute atomic E-state index is 11.0. The molecule has 4 heteroatoms. The summed E-state index contributed by atoms with van der Waals surface area (Å²) in [6.07, 6.45) is -1.02. The van der Waals surface area contributed by atoms with Gasteiger partial charge < -0.3 is 14.6 Å². The molecular formula is C11H20O4. The van der Waals surface area contributed by atoms with Crippen LogP contribution >= 0.6 is 0 Å². The number of cyclic esters (lactones) is 1. The Hall–Kier alpha value is -0.610. The average Bonchev–Trinajstić information content (AvgIpc) is 2.45. The molecular weight excluding hydrogens is 196 g/mol. The number of carbonyl (C=O) groups excluding carboxylic acids is 1. The Bertz CT molecular complexity index is 227. The summed E-state index contributed by atoms with van der Waals surface area (Å²) in [5.41, 5.74) is 0. The van der Waals surface area contributed by atoms with Gasteiger partial charge in [-0.25, -0.2) is 0 Å². The Balaban J connectivity index is 2.66. The maximum atomic E-state index is 11.0. The fourth-order valence-corrected chi connectivity index (χ4v) is 2.30. The molecule has 0 saturated carbocycles. The number of rotatable bonds is 4. The second-order valence-electron chi connectivity index (χ2n) is 4.53. The standard InChI is InChI=1S/C11H20O4/c1-6(2)10(14-4)7(3)11-8(12)5-9(13)15-11/h6-8,10-12H,5H2,1-4H3/t7-,8+,10+,11-/m1/s1. The molecule has 1 rings (SSSR count). The van der Waals surface area contributed by atoms with E-state index in [1.54, 1.807) is 7.11 Å². The second kappa shape index (κ2) is 4.94. The minimum Gasteiger partial charge on any atom is -0.459 e. The Morgan fingerprint density at radius 2 is 2.07 bits per heavy atom. The molecule has 0 aromatic heterocycles. The van der Waals surface area contributed by atoms with E-state index in [-0.39, 0.29) is 24.4 Å². The molecule has 1 aliphatic rings. The molecule has 0 radical (unpaired) electrons. The zero-order chi connectivity index (χ0) is 11.6. The van der Waals surface area contributed by atoms with Crippen molar-refractivity contribution in [2.45, 2.75) is 45.5 Å². The fraction of sp³-hybridized carbons (Fsp3) is 0.909. The lowest BCUT2D eigenvalue weighted by molar-refractivity contribution is -0.147. The van der Waals surface area contributed by atoms with E-state index in [4.69, 9.17) is 9.47 Å². The topological polar surface area (TPSA) is 55.8 Å². The fourth-order valence-electron chi connectivity index (χ4n) is 2.30. The van der Waals surface area contributed by atoms with Crippen LogP contribution in [0.15, 0.2) is 0 Å². The number of methoxy groups -OCH3 is 1. The molecule has 0 aromatic carbocycles. The zero-order valence-electron chi connectivity index (χ0n) is 9.77. The Morgan fingerprint density at radius 3 is 2.40 bits per heavy atom. The summed E-state index contributed by atoms with van der Waals surface area (Å²) in [6, 6.07) is 0. The Kier molecular flexibility index (Phi) is 4.11. The van der Waals surface area contributed by atoms with Crippen molar-refractivity contribution in [1.82, 2.24) is 0 Å². The predicted molar refractivity (Wildman–Crippen MR) is 55.3 cm³/mol. The first-order valence-electron chi connectivity index (χ1n) is 5.37. The summed E-state index contributed by atoms with van der Waals surface area (Å²) in [5.74, 6) is 0.0194. The molecule has 4 atom stereocenters. The van der Waals surface area contributed by atoms with Crippen molar-refractivity contribution in [3.63, 3.8) is 0 Å². The summed E-state index contributed by atoms with van der Waals surface area (Å²) in [7, 11) is 1.64. The van der Waals surface area contributed by atoms with Gasteiger partial charge in [0, 0.05) is 13.0 Å². The third-order valence-electron chi connectivity index (χ3n) is 2.99. The average molecular weight is 216 g/mol. The molecule has 1 heterocycles. The molecule has 15 heavy (non-hydrogen) atoms. The molecule has 1 fully saturated rings. The van der Waals surface area contributed by atoms with Crippen LogP contribution in [0.3, 0.4) is 0 Å². The van der Waals surface area contributed by atoms with E-state index in [9.17, 15) is 9.90 Å². The van der Waals surface area contributed by atoms with Crippen molar-refractivity contribution in [3.05, 3.63) is 0 Å². The molecule has 1 aliphatic heterocycles. The quantitative estimate of drug-likeness (QED) is 0.711. The smallest absolute Gasteiger partial charge is 0.308 e. The second-order valence-corrected chi connectivity index (χ2v) is 4.53. The van der Waals surface area contributed by atoms with Crippen molar-refractivity contribution in [2.24, 2.45) is 11.8 Å². The summed E-state index contributed by atoms with van der Waals surface area (Å²) in [5, 5.41) is 9.65. The van der Waals surface area contributed by atoms with Gasteiger partial charge in [-0.1, -0.05) is 20.8 Å². The van der Waals surface area contributed by atoms with Crippen LogP contribution in [0.5, 0.6) is 0 Å². The van der Waals surface area contributed by atoms with Crippen LogP contribution in [0.25, 0.3) is 0 Å². The van der Waals surface area contributed by atoms with Crippen LogP contribution in [0.2, 0.25) is 0 Å². The SMILES string of the molecule is CO[C@@H](C(C)C)[C@@H](C)[C@H]1OC(=O)C[C@@H]1O. The van der Waals surface area contributed by atoms with Crippen molar-refractivity contribution in [1.29, 1.82) is 0 Å². The van der Waals surface area contributed by atoms with E-state index >= 15 is 0 Å². The largest absolute Gasteiger partial charge is 0.459 e. The van der Waals surface area contributed by atoms with Gasteiger partial charge in [0.1, 0.15) is 12.2 Å². The van der Waals surface area contributed by atoms with Gasteiger partial charge in [-0.15, -0.1) is 0 Å². The first-order valence-corrected chi connectivity index (χ1v) is 5.37. The first kappa shape index (κ1) is 12.5. The summed E-state index contributed by atoms with van der Waals surface area (Å²) in [4.78, 5) is 11.0. The number of hydrogen-bond acceptors (Lipinski definition) is 4. The number of hydrogen-bond donors (Lipinski definition) is 1. The van der Waals surface area contributed by atoms with Gasteiger partial charge in [-0.3, -0.25) is 4.79 Å². The van der Waals surface area contributed by atoms with Gasteiger partial charge >= 0.3 is 5.97 Å². The van der Waals surface area contributed by atoms with Crippen LogP contribution in [0, 0.1) is 11.8 Å². The molecule has 1 N–H and O–H groups in total. The van der Waals surface area contributed by atoms with Crippen molar-refractivity contribution >= 4 is 5.97 Å². The van der Waals surface area contributed by atoms with Gasteiger partial charge in [0.05, 0.1) is 12.5 Å². The normalized spacial score (nSPS) is 30.4. The minimum absolute atomic E-state index is 0.00412. The number of ether oxygens (including phenoxy) is 2. The molecule has 0 spiro atoms. The Morgan fingerprint density at radius 1 is 1.47 bits per heavy atom. The van der Waals surface area contributed by atoms with Crippen LogP contribution < -0.4 is 0 Å². The van der Waals surface area contributed by atoms with E-state index in [2.05, 4.69) is 0 Å². The van der Waals surface area contributed by atoms with Gasteiger partial charge in [-0.2, -0.15) is 0 Å². The summed E-state index contributed by atoms with van der Waals surface area (Å²) >= 11 is 0. The van der Waals surface area contributed by atoms with Gasteiger partial charge in [0.2, 0.25) is 0 Å². The van der Waals surface area contributed by atoms with Gasteiger partial charge in [0.25, 0.3) is 0 Å². The van der Waals surface area contributed by atoms with Gasteiger partial charge in [-0.05, 0) is 5.92 Å². The summed E-state index contributed by atoms with van der Waals surface area (Å²) < 4.78 is 10.5. The van der Waals surface area contributed by atoms with Crippen LogP contribution in [-0.4, -0.2) is 36.5 Å². The summed E-state index contributed by atoms with van der Waals surface area (Å²) in [6.45, 7) is 6.04. The van der Waals surface area contributed by atoms with Crippen LogP contribution in [0.4, 0.5) is 0 Å². The monoisotopic (exact) mass is 216 g/mol. The van der Waals surface area contributed by atoms with E-state index in [1.165, 1.54) is 0 Å². The third-order valence-corrected chi connectivity index (χ3v) is 2.99. The maximum Gasteiger partial charge on any atom is 0.308 e. The highest BCUT2D eigenvalue weighted by atomic mass is 16.6. The van der Waals surface area contributed by atoms with Crippen LogP contribution in [0.1, 0.15) is 27.2 Å². The highest BCUT2D eigenvalue weighted by Gasteiger charge is 2.40. The lowest BCUT2D eigenvalue weighted by Crippen LogP contribution is -2.39. The van der Waals surface area contributed by atoms with Gasteiger partial charge in [0.15, 0.2) is 0 Å². The molecule has 0 aliphatic carbocycles. The lowest BCUT2D eigenvalue weighted by atomic mass is 9.88. The molecule has 0 unspecified atom stereocenters. The Labute approximate surface area is 90.6 Å². The number of esters is 1. The predicted octanol–water partition coefficient (Wildman–Crippen LogP) is 0.970. The molecule has 1 saturated heterocycles. The number of aliphatic hydroxyl groups is 1. The molecule has 0 aromatic rings.